The maximum absolute atomic E-state index is 13.0. The number of hydrogen-bond acceptors (Lipinski definition) is 5. The lowest BCUT2D eigenvalue weighted by molar-refractivity contribution is 0.0567. The van der Waals surface area contributed by atoms with E-state index in [0.29, 0.717) is 17.5 Å². The normalized spacial score (nSPS) is 23.1. The number of aliphatic hydroxyl groups is 1. The summed E-state index contributed by atoms with van der Waals surface area (Å²) in [5, 5.41) is 19.1. The Kier molecular flexibility index (Phi) is 6.76. The third-order valence-corrected chi connectivity index (χ3v) is 8.20. The molecule has 3 aliphatic rings. The number of amides is 1. The van der Waals surface area contributed by atoms with Gasteiger partial charge in [-0.2, -0.15) is 0 Å². The van der Waals surface area contributed by atoms with Crippen molar-refractivity contribution in [3.8, 4) is 0 Å². The molecule has 7 nitrogen and oxygen atoms in total. The number of likely N-dealkylation sites (tertiary alicyclic amines) is 2. The number of aromatic nitrogens is 3. The van der Waals surface area contributed by atoms with Crippen molar-refractivity contribution < 1.29 is 9.90 Å². The molecule has 2 aliphatic heterocycles. The van der Waals surface area contributed by atoms with E-state index in [1.807, 2.05) is 29.2 Å². The number of benzene rings is 1. The second kappa shape index (κ2) is 9.78. The van der Waals surface area contributed by atoms with Gasteiger partial charge in [-0.3, -0.25) is 9.69 Å². The van der Waals surface area contributed by atoms with Gasteiger partial charge in [-0.05, 0) is 69.7 Å². The van der Waals surface area contributed by atoms with Crippen LogP contribution in [0.1, 0.15) is 92.3 Å². The molecule has 2 aromatic rings. The van der Waals surface area contributed by atoms with Crippen LogP contribution in [-0.4, -0.2) is 68.2 Å². The molecule has 1 aromatic carbocycles. The molecule has 3 fully saturated rings. The van der Waals surface area contributed by atoms with Crippen molar-refractivity contribution in [3.05, 3.63) is 47.0 Å². The van der Waals surface area contributed by atoms with E-state index in [-0.39, 0.29) is 5.91 Å². The van der Waals surface area contributed by atoms with Gasteiger partial charge in [0.05, 0.1) is 5.60 Å². The summed E-state index contributed by atoms with van der Waals surface area (Å²) in [6.07, 6.45) is 9.48. The van der Waals surface area contributed by atoms with Crippen LogP contribution in [0.3, 0.4) is 0 Å². The van der Waals surface area contributed by atoms with Crippen LogP contribution in [0.4, 0.5) is 0 Å². The third-order valence-electron chi connectivity index (χ3n) is 8.20. The van der Waals surface area contributed by atoms with E-state index in [0.717, 1.165) is 68.6 Å². The van der Waals surface area contributed by atoms with Crippen LogP contribution in [0, 0.1) is 5.92 Å². The number of nitrogens with zero attached hydrogens (tertiary/aromatic N) is 4. The average Bonchev–Trinajstić information content (AvgIpc) is 3.30. The molecule has 1 aromatic heterocycles. The number of rotatable bonds is 6. The maximum Gasteiger partial charge on any atom is 0.253 e. The summed E-state index contributed by atoms with van der Waals surface area (Å²) in [6.45, 7) is 7.29. The van der Waals surface area contributed by atoms with Crippen LogP contribution in [-0.2, 0) is 12.0 Å². The first-order chi connectivity index (χ1) is 16.4. The summed E-state index contributed by atoms with van der Waals surface area (Å²) in [4.78, 5) is 21.2. The molecule has 3 heterocycles. The molecule has 1 unspecified atom stereocenters. The first kappa shape index (κ1) is 23.5. The Hall–Kier alpha value is -2.25. The monoisotopic (exact) mass is 465 g/mol. The van der Waals surface area contributed by atoms with Gasteiger partial charge in [-0.15, -0.1) is 10.2 Å². The van der Waals surface area contributed by atoms with E-state index in [9.17, 15) is 9.90 Å². The van der Waals surface area contributed by atoms with Gasteiger partial charge in [-0.25, -0.2) is 0 Å². The van der Waals surface area contributed by atoms with Gasteiger partial charge in [0, 0.05) is 43.6 Å². The van der Waals surface area contributed by atoms with E-state index in [1.165, 1.54) is 32.1 Å². The predicted molar refractivity (Wildman–Crippen MR) is 132 cm³/mol. The summed E-state index contributed by atoms with van der Waals surface area (Å²) in [5.74, 6) is 3.47. The van der Waals surface area contributed by atoms with Crippen molar-refractivity contribution in [1.29, 1.82) is 0 Å². The highest BCUT2D eigenvalue weighted by atomic mass is 16.3. The molecule has 2 N–H and O–H groups in total. The van der Waals surface area contributed by atoms with Gasteiger partial charge < -0.3 is 15.0 Å². The zero-order valence-corrected chi connectivity index (χ0v) is 20.7. The minimum Gasteiger partial charge on any atom is -0.386 e. The molecule has 1 saturated carbocycles. The number of carbonyl (C=O) groups is 1. The van der Waals surface area contributed by atoms with Gasteiger partial charge in [-0.1, -0.05) is 31.4 Å². The van der Waals surface area contributed by atoms with Crippen LogP contribution in [0.15, 0.2) is 24.3 Å². The largest absolute Gasteiger partial charge is 0.386 e. The molecule has 184 valence electrons. The van der Waals surface area contributed by atoms with E-state index in [1.54, 1.807) is 13.8 Å². The minimum atomic E-state index is -0.893. The second-order valence-corrected chi connectivity index (χ2v) is 11.2. The Morgan fingerprint density at radius 2 is 1.76 bits per heavy atom. The number of piperidine rings is 2. The van der Waals surface area contributed by atoms with E-state index >= 15 is 0 Å². The van der Waals surface area contributed by atoms with Crippen LogP contribution in [0.2, 0.25) is 0 Å². The fourth-order valence-electron chi connectivity index (χ4n) is 5.76. The molecular formula is C27H39N5O2. The summed E-state index contributed by atoms with van der Waals surface area (Å²) in [7, 11) is 0. The van der Waals surface area contributed by atoms with Gasteiger partial charge in [0.2, 0.25) is 0 Å². The predicted octanol–water partition coefficient (Wildman–Crippen LogP) is 3.86. The van der Waals surface area contributed by atoms with Crippen molar-refractivity contribution >= 4 is 5.91 Å². The molecular weight excluding hydrogens is 426 g/mol. The van der Waals surface area contributed by atoms with Crippen molar-refractivity contribution in [1.82, 2.24) is 25.0 Å². The lowest BCUT2D eigenvalue weighted by atomic mass is 9.83. The zero-order valence-electron chi connectivity index (χ0n) is 20.7. The number of hydrogen-bond donors (Lipinski definition) is 2. The molecule has 1 aliphatic carbocycles. The topological polar surface area (TPSA) is 85.3 Å². The first-order valence-electron chi connectivity index (χ1n) is 13.1. The molecule has 5 rings (SSSR count). The molecule has 0 spiro atoms. The van der Waals surface area contributed by atoms with Crippen molar-refractivity contribution in [2.75, 3.05) is 26.2 Å². The highest BCUT2D eigenvalue weighted by Crippen LogP contribution is 2.31. The van der Waals surface area contributed by atoms with E-state index < -0.39 is 5.60 Å². The Morgan fingerprint density at radius 3 is 2.41 bits per heavy atom. The van der Waals surface area contributed by atoms with Gasteiger partial charge in [0.25, 0.3) is 5.91 Å². The van der Waals surface area contributed by atoms with Crippen LogP contribution < -0.4 is 0 Å². The molecule has 2 saturated heterocycles. The van der Waals surface area contributed by atoms with Crippen LogP contribution in [0.5, 0.6) is 0 Å². The molecule has 1 amide bonds. The average molecular weight is 466 g/mol. The Bertz CT molecular complexity index is 968. The lowest BCUT2D eigenvalue weighted by Crippen LogP contribution is -2.49. The first-order valence-corrected chi connectivity index (χ1v) is 13.1. The van der Waals surface area contributed by atoms with Crippen molar-refractivity contribution in [3.63, 3.8) is 0 Å². The number of carbonyl (C=O) groups excluding carboxylic acids is 1. The summed E-state index contributed by atoms with van der Waals surface area (Å²) in [5.41, 5.74) is 0.632. The molecule has 0 radical (unpaired) electrons. The zero-order chi connectivity index (χ0) is 23.7. The van der Waals surface area contributed by atoms with Crippen molar-refractivity contribution in [2.24, 2.45) is 5.92 Å². The smallest absolute Gasteiger partial charge is 0.253 e. The van der Waals surface area contributed by atoms with Gasteiger partial charge >= 0.3 is 0 Å². The molecule has 7 heteroatoms. The third kappa shape index (κ3) is 5.20. The van der Waals surface area contributed by atoms with Gasteiger partial charge in [0.15, 0.2) is 0 Å². The van der Waals surface area contributed by atoms with Crippen LogP contribution in [0.25, 0.3) is 0 Å². The summed E-state index contributed by atoms with van der Waals surface area (Å²) < 4.78 is 0. The van der Waals surface area contributed by atoms with Gasteiger partial charge in [0.1, 0.15) is 11.6 Å². The second-order valence-electron chi connectivity index (χ2n) is 11.2. The highest BCUT2D eigenvalue weighted by molar-refractivity contribution is 5.94. The Labute approximate surface area is 202 Å². The standard InChI is InChI=1S/C27H39N5O2/c1-27(2,34)22-10-8-20(9-11-22)26(33)31-15-12-23(13-16-31)32-14-4-7-21(18-32)25-28-24(29-30-25)17-19-5-3-6-19/h8-11,19,21,23,34H,3-7,12-18H2,1-2H3,(H,28,29,30). The quantitative estimate of drug-likeness (QED) is 0.677. The summed E-state index contributed by atoms with van der Waals surface area (Å²) >= 11 is 0. The summed E-state index contributed by atoms with van der Waals surface area (Å²) in [6, 6.07) is 7.92. The Balaban J connectivity index is 1.13. The lowest BCUT2D eigenvalue weighted by Gasteiger charge is -2.42. The number of nitrogens with one attached hydrogen (secondary N) is 1. The number of aromatic amines is 1. The van der Waals surface area contributed by atoms with Crippen molar-refractivity contribution in [2.45, 2.75) is 82.8 Å². The highest BCUT2D eigenvalue weighted by Gasteiger charge is 2.32. The number of H-pyrrole nitrogens is 1. The van der Waals surface area contributed by atoms with E-state index in [4.69, 9.17) is 0 Å². The Morgan fingerprint density at radius 1 is 1.03 bits per heavy atom. The minimum absolute atomic E-state index is 0.0953. The SMILES string of the molecule is CC(C)(O)c1ccc(C(=O)N2CCC(N3CCCC(c4nnc(CC5CCC5)[nH]4)C3)CC2)cc1. The van der Waals surface area contributed by atoms with E-state index in [2.05, 4.69) is 20.1 Å². The molecule has 1 atom stereocenters. The molecule has 0 bridgehead atoms. The molecule has 34 heavy (non-hydrogen) atoms. The fourth-order valence-corrected chi connectivity index (χ4v) is 5.76. The van der Waals surface area contributed by atoms with Crippen LogP contribution >= 0.6 is 0 Å². The fraction of sp³-hybridized carbons (Fsp3) is 0.667. The maximum atomic E-state index is 13.0.